The second-order valence-corrected chi connectivity index (χ2v) is 5.88. The number of nitro benzene ring substituents is 1. The minimum Gasteiger partial charge on any atom is -0.375 e. The van der Waals surface area contributed by atoms with E-state index in [4.69, 9.17) is 6.42 Å². The minimum atomic E-state index is -2.02. The van der Waals surface area contributed by atoms with Gasteiger partial charge in [-0.25, -0.2) is 0 Å². The van der Waals surface area contributed by atoms with Gasteiger partial charge < -0.3 is 5.11 Å². The van der Waals surface area contributed by atoms with E-state index in [2.05, 4.69) is 5.92 Å². The molecule has 0 bridgehead atoms. The molecule has 1 N–H and O–H groups in total. The van der Waals surface area contributed by atoms with Crippen LogP contribution in [0.25, 0.3) is 0 Å². The number of carbonyl (C=O) groups excluding carboxylic acids is 2. The van der Waals surface area contributed by atoms with Gasteiger partial charge >= 0.3 is 0 Å². The third-order valence-electron chi connectivity index (χ3n) is 4.31. The zero-order valence-corrected chi connectivity index (χ0v) is 13.6. The van der Waals surface area contributed by atoms with Gasteiger partial charge in [-0.1, -0.05) is 24.1 Å². The fraction of sp³-hybridized carbons (Fsp3) is 0.158. The number of benzene rings is 2. The number of para-hydroxylation sites is 1. The van der Waals surface area contributed by atoms with Crippen molar-refractivity contribution >= 4 is 23.1 Å². The van der Waals surface area contributed by atoms with Crippen LogP contribution in [-0.2, 0) is 10.4 Å². The maximum Gasteiger partial charge on any atom is 0.269 e. The molecule has 1 atom stereocenters. The summed E-state index contributed by atoms with van der Waals surface area (Å²) < 4.78 is 0. The number of ketones is 1. The van der Waals surface area contributed by atoms with Crippen molar-refractivity contribution in [3.63, 3.8) is 0 Å². The lowest BCUT2D eigenvalue weighted by molar-refractivity contribution is -0.384. The summed E-state index contributed by atoms with van der Waals surface area (Å²) in [6.07, 6.45) is 4.82. The maximum absolute atomic E-state index is 12.7. The number of fused-ring (bicyclic) bond motifs is 1. The summed E-state index contributed by atoms with van der Waals surface area (Å²) in [5.41, 5.74) is -1.22. The van der Waals surface area contributed by atoms with E-state index in [0.717, 1.165) is 0 Å². The summed E-state index contributed by atoms with van der Waals surface area (Å²) in [4.78, 5) is 36.7. The molecule has 0 saturated carbocycles. The quantitative estimate of drug-likeness (QED) is 0.385. The lowest BCUT2D eigenvalue weighted by Gasteiger charge is -2.21. The summed E-state index contributed by atoms with van der Waals surface area (Å²) in [5, 5.41) is 21.7. The van der Waals surface area contributed by atoms with Crippen molar-refractivity contribution in [2.75, 3.05) is 11.4 Å². The van der Waals surface area contributed by atoms with Crippen molar-refractivity contribution in [3.05, 3.63) is 69.8 Å². The van der Waals surface area contributed by atoms with Gasteiger partial charge in [-0.3, -0.25) is 24.6 Å². The number of Topliss-reactive ketones (excluding diaryl/α,β-unsaturated/α-hetero) is 1. The highest BCUT2D eigenvalue weighted by Gasteiger charge is 2.50. The Morgan fingerprint density at radius 3 is 2.50 bits per heavy atom. The first-order chi connectivity index (χ1) is 12.4. The van der Waals surface area contributed by atoms with Crippen molar-refractivity contribution in [1.29, 1.82) is 0 Å². The van der Waals surface area contributed by atoms with Gasteiger partial charge in [0, 0.05) is 23.3 Å². The number of hydrogen-bond donors (Lipinski definition) is 1. The molecular weight excluding hydrogens is 336 g/mol. The van der Waals surface area contributed by atoms with Crippen molar-refractivity contribution < 1.29 is 19.6 Å². The van der Waals surface area contributed by atoms with E-state index in [1.807, 2.05) is 0 Å². The molecule has 0 saturated heterocycles. The normalized spacial score (nSPS) is 18.3. The minimum absolute atomic E-state index is 0.0239. The van der Waals surface area contributed by atoms with Gasteiger partial charge in [0.1, 0.15) is 0 Å². The standard InChI is InChI=1S/C19H14N2O5/c1-2-11-20-16-6-4-3-5-15(16)19(24,18(20)23)12-17(22)13-7-9-14(10-8-13)21(25)26/h1,3-10,24H,11-12H2/t19-/m1/s1. The summed E-state index contributed by atoms with van der Waals surface area (Å²) in [6.45, 7) is -0.0239. The number of anilines is 1. The van der Waals surface area contributed by atoms with E-state index < -0.39 is 28.6 Å². The first-order valence-electron chi connectivity index (χ1n) is 7.73. The molecule has 0 aromatic heterocycles. The van der Waals surface area contributed by atoms with Gasteiger partial charge in [0.15, 0.2) is 11.4 Å². The highest BCUT2D eigenvalue weighted by atomic mass is 16.6. The largest absolute Gasteiger partial charge is 0.375 e. The van der Waals surface area contributed by atoms with Crippen LogP contribution in [0.3, 0.4) is 0 Å². The molecule has 130 valence electrons. The number of aliphatic hydroxyl groups is 1. The molecule has 1 heterocycles. The number of carbonyl (C=O) groups is 2. The van der Waals surface area contributed by atoms with Crippen LogP contribution in [0.1, 0.15) is 22.3 Å². The lowest BCUT2D eigenvalue weighted by Crippen LogP contribution is -2.42. The smallest absolute Gasteiger partial charge is 0.269 e. The predicted molar refractivity (Wildman–Crippen MR) is 93.6 cm³/mol. The van der Waals surface area contributed by atoms with Crippen LogP contribution in [0.2, 0.25) is 0 Å². The summed E-state index contributed by atoms with van der Waals surface area (Å²) in [6, 6.07) is 11.6. The third kappa shape index (κ3) is 2.72. The SMILES string of the molecule is C#CCN1C(=O)[C@@](O)(CC(=O)c2ccc([N+](=O)[O-])cc2)c2ccccc21. The molecule has 0 radical (unpaired) electrons. The summed E-state index contributed by atoms with van der Waals surface area (Å²) >= 11 is 0. The molecule has 1 aliphatic heterocycles. The average molecular weight is 350 g/mol. The van der Waals surface area contributed by atoms with Crippen LogP contribution in [-0.4, -0.2) is 28.3 Å². The fourth-order valence-electron chi connectivity index (χ4n) is 3.03. The molecule has 0 unspecified atom stereocenters. The first-order valence-corrected chi connectivity index (χ1v) is 7.73. The van der Waals surface area contributed by atoms with Crippen molar-refractivity contribution in [2.45, 2.75) is 12.0 Å². The molecule has 1 amide bonds. The molecule has 7 nitrogen and oxygen atoms in total. The lowest BCUT2D eigenvalue weighted by atomic mass is 9.88. The zero-order chi connectivity index (χ0) is 18.9. The van der Waals surface area contributed by atoms with E-state index in [-0.39, 0.29) is 17.8 Å². The molecule has 26 heavy (non-hydrogen) atoms. The number of terminal acetylenes is 1. The summed E-state index contributed by atoms with van der Waals surface area (Å²) in [5.74, 6) is 1.20. The van der Waals surface area contributed by atoms with E-state index in [0.29, 0.717) is 11.3 Å². The molecule has 0 aliphatic carbocycles. The second-order valence-electron chi connectivity index (χ2n) is 5.88. The molecule has 0 fully saturated rings. The Bertz CT molecular complexity index is 945. The van der Waals surface area contributed by atoms with Gasteiger partial charge in [0.2, 0.25) is 0 Å². The molecule has 2 aromatic carbocycles. The van der Waals surface area contributed by atoms with Crippen molar-refractivity contribution in [3.8, 4) is 12.3 Å². The number of amides is 1. The molecule has 3 rings (SSSR count). The summed E-state index contributed by atoms with van der Waals surface area (Å²) in [7, 11) is 0. The molecule has 1 aliphatic rings. The number of nitro groups is 1. The number of nitrogens with zero attached hydrogens (tertiary/aromatic N) is 2. The first kappa shape index (κ1) is 17.3. The number of non-ortho nitro benzene ring substituents is 1. The van der Waals surface area contributed by atoms with Gasteiger partial charge in [-0.15, -0.1) is 6.42 Å². The fourth-order valence-corrected chi connectivity index (χ4v) is 3.03. The average Bonchev–Trinajstić information content (AvgIpc) is 2.84. The zero-order valence-electron chi connectivity index (χ0n) is 13.6. The van der Waals surface area contributed by atoms with Gasteiger partial charge in [0.05, 0.1) is 23.6 Å². The van der Waals surface area contributed by atoms with Crippen LogP contribution in [0.15, 0.2) is 48.5 Å². The molecule has 7 heteroatoms. The monoisotopic (exact) mass is 350 g/mol. The van der Waals surface area contributed by atoms with E-state index >= 15 is 0 Å². The highest BCUT2D eigenvalue weighted by Crippen LogP contribution is 2.42. The van der Waals surface area contributed by atoms with Gasteiger partial charge in [0.25, 0.3) is 11.6 Å². The van der Waals surface area contributed by atoms with Crippen LogP contribution in [0.4, 0.5) is 11.4 Å². The van der Waals surface area contributed by atoms with Gasteiger partial charge in [-0.05, 0) is 18.2 Å². The van der Waals surface area contributed by atoms with E-state index in [1.165, 1.54) is 29.2 Å². The second kappa shape index (κ2) is 6.43. The van der Waals surface area contributed by atoms with Crippen LogP contribution in [0, 0.1) is 22.5 Å². The van der Waals surface area contributed by atoms with Crippen molar-refractivity contribution in [2.24, 2.45) is 0 Å². The van der Waals surface area contributed by atoms with Gasteiger partial charge in [-0.2, -0.15) is 0 Å². The van der Waals surface area contributed by atoms with Crippen LogP contribution >= 0.6 is 0 Å². The van der Waals surface area contributed by atoms with Crippen LogP contribution in [0.5, 0.6) is 0 Å². The topological polar surface area (TPSA) is 101 Å². The van der Waals surface area contributed by atoms with Crippen molar-refractivity contribution in [1.82, 2.24) is 0 Å². The Kier molecular flexibility index (Phi) is 4.28. The maximum atomic E-state index is 12.7. The predicted octanol–water partition coefficient (Wildman–Crippen LogP) is 2.04. The van der Waals surface area contributed by atoms with Crippen LogP contribution < -0.4 is 4.90 Å². The Balaban J connectivity index is 1.93. The van der Waals surface area contributed by atoms with E-state index in [9.17, 15) is 24.8 Å². The Hall–Kier alpha value is -3.50. The third-order valence-corrected chi connectivity index (χ3v) is 4.31. The Morgan fingerprint density at radius 1 is 1.23 bits per heavy atom. The Labute approximate surface area is 149 Å². The molecule has 0 spiro atoms. The Morgan fingerprint density at radius 2 is 1.88 bits per heavy atom. The molecule has 2 aromatic rings. The van der Waals surface area contributed by atoms with E-state index in [1.54, 1.807) is 24.3 Å². The molecular formula is C19H14N2O5. The highest BCUT2D eigenvalue weighted by molar-refractivity contribution is 6.11. The number of rotatable bonds is 5. The number of hydrogen-bond acceptors (Lipinski definition) is 5.